The topological polar surface area (TPSA) is 50.4 Å². The molecule has 0 aromatic carbocycles. The Kier molecular flexibility index (Phi) is 9.83. The zero-order valence-corrected chi connectivity index (χ0v) is 13.5. The Morgan fingerprint density at radius 2 is 2.33 bits per heavy atom. The number of allylic oxidation sites excluding steroid dienone is 3. The molecule has 0 fully saturated rings. The van der Waals surface area contributed by atoms with E-state index in [4.69, 9.17) is 4.74 Å². The lowest BCUT2D eigenvalue weighted by Crippen LogP contribution is -2.38. The van der Waals surface area contributed by atoms with Crippen LogP contribution in [0, 0.1) is 5.92 Å². The standard InChI is InChI=1S/C17H30N2O2/c1-3-4-10-19-17(20)16(14-18-11-12-21-2)13-15-8-6-5-7-9-15/h3-4,8,16,18H,5-7,9-14H2,1-2H3,(H,19,20)/b4-3+. The van der Waals surface area contributed by atoms with E-state index < -0.39 is 0 Å². The van der Waals surface area contributed by atoms with Crippen molar-refractivity contribution in [2.24, 2.45) is 5.92 Å². The van der Waals surface area contributed by atoms with Crippen molar-refractivity contribution in [3.8, 4) is 0 Å². The molecule has 0 aliphatic heterocycles. The van der Waals surface area contributed by atoms with Gasteiger partial charge in [-0.25, -0.2) is 0 Å². The van der Waals surface area contributed by atoms with Crippen LogP contribution in [0.3, 0.4) is 0 Å². The van der Waals surface area contributed by atoms with Crippen molar-refractivity contribution < 1.29 is 9.53 Å². The fourth-order valence-corrected chi connectivity index (χ4v) is 2.54. The van der Waals surface area contributed by atoms with Crippen LogP contribution in [0.25, 0.3) is 0 Å². The SMILES string of the molecule is C/C=C/CNC(=O)C(CNCCOC)CC1=CCCCC1. The van der Waals surface area contributed by atoms with Crippen LogP contribution in [0.4, 0.5) is 0 Å². The van der Waals surface area contributed by atoms with Gasteiger partial charge in [-0.2, -0.15) is 0 Å². The van der Waals surface area contributed by atoms with Crippen molar-refractivity contribution in [1.29, 1.82) is 0 Å². The predicted molar refractivity (Wildman–Crippen MR) is 87.2 cm³/mol. The minimum atomic E-state index is 0.0106. The molecule has 1 rings (SSSR count). The van der Waals surface area contributed by atoms with Crippen molar-refractivity contribution in [1.82, 2.24) is 10.6 Å². The molecule has 1 atom stereocenters. The Morgan fingerprint density at radius 1 is 1.48 bits per heavy atom. The number of ether oxygens (including phenoxy) is 1. The highest BCUT2D eigenvalue weighted by Crippen LogP contribution is 2.23. The molecule has 21 heavy (non-hydrogen) atoms. The lowest BCUT2D eigenvalue weighted by atomic mass is 9.90. The van der Waals surface area contributed by atoms with E-state index in [2.05, 4.69) is 16.7 Å². The molecule has 0 radical (unpaired) electrons. The Labute approximate surface area is 129 Å². The first kappa shape index (κ1) is 17.9. The van der Waals surface area contributed by atoms with Gasteiger partial charge in [0.15, 0.2) is 0 Å². The van der Waals surface area contributed by atoms with Crippen LogP contribution in [-0.2, 0) is 9.53 Å². The number of rotatable bonds is 10. The van der Waals surface area contributed by atoms with Gasteiger partial charge >= 0.3 is 0 Å². The average Bonchev–Trinajstić information content (AvgIpc) is 2.51. The number of methoxy groups -OCH3 is 1. The average molecular weight is 294 g/mol. The fraction of sp³-hybridized carbons (Fsp3) is 0.706. The molecule has 0 aromatic rings. The molecule has 0 saturated carbocycles. The second kappa shape index (κ2) is 11.5. The number of nitrogens with one attached hydrogen (secondary N) is 2. The normalized spacial score (nSPS) is 16.8. The molecule has 0 saturated heterocycles. The molecular formula is C17H30N2O2. The van der Waals surface area contributed by atoms with E-state index >= 15 is 0 Å². The fourth-order valence-electron chi connectivity index (χ4n) is 2.54. The quantitative estimate of drug-likeness (QED) is 0.480. The summed E-state index contributed by atoms with van der Waals surface area (Å²) >= 11 is 0. The zero-order valence-electron chi connectivity index (χ0n) is 13.5. The van der Waals surface area contributed by atoms with E-state index in [1.165, 1.54) is 24.8 Å². The largest absolute Gasteiger partial charge is 0.383 e. The molecule has 2 N–H and O–H groups in total. The first-order valence-corrected chi connectivity index (χ1v) is 8.04. The molecule has 1 unspecified atom stereocenters. The van der Waals surface area contributed by atoms with E-state index in [-0.39, 0.29) is 11.8 Å². The maximum Gasteiger partial charge on any atom is 0.224 e. The molecule has 120 valence electrons. The first-order valence-electron chi connectivity index (χ1n) is 8.04. The van der Waals surface area contributed by atoms with Crippen molar-refractivity contribution in [3.05, 3.63) is 23.8 Å². The van der Waals surface area contributed by atoms with Crippen LogP contribution in [0.5, 0.6) is 0 Å². The van der Waals surface area contributed by atoms with E-state index in [9.17, 15) is 4.79 Å². The Bertz CT molecular complexity index is 351. The molecule has 1 amide bonds. The summed E-state index contributed by atoms with van der Waals surface area (Å²) in [5.74, 6) is 0.154. The van der Waals surface area contributed by atoms with Gasteiger partial charge in [0.25, 0.3) is 0 Å². The number of hydrogen-bond donors (Lipinski definition) is 2. The Morgan fingerprint density at radius 3 is 3.00 bits per heavy atom. The van der Waals surface area contributed by atoms with Crippen LogP contribution < -0.4 is 10.6 Å². The molecule has 0 spiro atoms. The van der Waals surface area contributed by atoms with Gasteiger partial charge in [-0.3, -0.25) is 4.79 Å². The minimum absolute atomic E-state index is 0.0106. The summed E-state index contributed by atoms with van der Waals surface area (Å²) in [5.41, 5.74) is 1.45. The molecule has 0 bridgehead atoms. The summed E-state index contributed by atoms with van der Waals surface area (Å²) in [6, 6.07) is 0. The van der Waals surface area contributed by atoms with Gasteiger partial charge in [0.1, 0.15) is 0 Å². The Balaban J connectivity index is 2.46. The summed E-state index contributed by atoms with van der Waals surface area (Å²) in [6.45, 7) is 4.75. The summed E-state index contributed by atoms with van der Waals surface area (Å²) < 4.78 is 5.03. The van der Waals surface area contributed by atoms with E-state index in [1.807, 2.05) is 19.1 Å². The maximum atomic E-state index is 12.3. The van der Waals surface area contributed by atoms with Crippen molar-refractivity contribution >= 4 is 5.91 Å². The monoisotopic (exact) mass is 294 g/mol. The van der Waals surface area contributed by atoms with E-state index in [0.717, 1.165) is 19.4 Å². The molecule has 0 heterocycles. The van der Waals surface area contributed by atoms with E-state index in [1.54, 1.807) is 7.11 Å². The summed E-state index contributed by atoms with van der Waals surface area (Å²) in [5, 5.41) is 6.31. The third-order valence-corrected chi connectivity index (χ3v) is 3.77. The van der Waals surface area contributed by atoms with Gasteiger partial charge in [-0.1, -0.05) is 23.8 Å². The smallest absolute Gasteiger partial charge is 0.224 e. The predicted octanol–water partition coefficient (Wildman–Crippen LogP) is 2.42. The third kappa shape index (κ3) is 8.02. The lowest BCUT2D eigenvalue weighted by Gasteiger charge is -2.20. The molecule has 1 aliphatic carbocycles. The second-order valence-electron chi connectivity index (χ2n) is 5.52. The van der Waals surface area contributed by atoms with Gasteiger partial charge in [0.2, 0.25) is 5.91 Å². The van der Waals surface area contributed by atoms with Crippen molar-refractivity contribution in [3.63, 3.8) is 0 Å². The number of hydrogen-bond acceptors (Lipinski definition) is 3. The molecule has 4 nitrogen and oxygen atoms in total. The van der Waals surface area contributed by atoms with Gasteiger partial charge in [-0.15, -0.1) is 0 Å². The third-order valence-electron chi connectivity index (χ3n) is 3.77. The number of carbonyl (C=O) groups excluding carboxylic acids is 1. The highest BCUT2D eigenvalue weighted by atomic mass is 16.5. The van der Waals surface area contributed by atoms with Crippen LogP contribution in [-0.4, -0.2) is 39.3 Å². The van der Waals surface area contributed by atoms with Crippen LogP contribution in [0.1, 0.15) is 39.0 Å². The number of amides is 1. The second-order valence-corrected chi connectivity index (χ2v) is 5.52. The van der Waals surface area contributed by atoms with Gasteiger partial charge in [0.05, 0.1) is 12.5 Å². The highest BCUT2D eigenvalue weighted by molar-refractivity contribution is 5.79. The minimum Gasteiger partial charge on any atom is -0.383 e. The highest BCUT2D eigenvalue weighted by Gasteiger charge is 2.19. The number of carbonyl (C=O) groups is 1. The van der Waals surface area contributed by atoms with Crippen LogP contribution in [0.15, 0.2) is 23.8 Å². The summed E-state index contributed by atoms with van der Waals surface area (Å²) in [7, 11) is 1.69. The van der Waals surface area contributed by atoms with Crippen LogP contribution in [0.2, 0.25) is 0 Å². The summed E-state index contributed by atoms with van der Waals surface area (Å²) in [6.07, 6.45) is 12.0. The molecule has 0 aromatic heterocycles. The van der Waals surface area contributed by atoms with Crippen LogP contribution >= 0.6 is 0 Å². The summed E-state index contributed by atoms with van der Waals surface area (Å²) in [4.78, 5) is 12.3. The van der Waals surface area contributed by atoms with Crippen molar-refractivity contribution in [2.75, 3.05) is 33.4 Å². The van der Waals surface area contributed by atoms with Crippen molar-refractivity contribution in [2.45, 2.75) is 39.0 Å². The van der Waals surface area contributed by atoms with Gasteiger partial charge in [0, 0.05) is 26.7 Å². The zero-order chi connectivity index (χ0) is 15.3. The molecule has 1 aliphatic rings. The maximum absolute atomic E-state index is 12.3. The lowest BCUT2D eigenvalue weighted by molar-refractivity contribution is -0.124. The van der Waals surface area contributed by atoms with Gasteiger partial charge < -0.3 is 15.4 Å². The molecule has 4 heteroatoms. The van der Waals surface area contributed by atoms with E-state index in [0.29, 0.717) is 19.7 Å². The molecular weight excluding hydrogens is 264 g/mol. The first-order chi connectivity index (χ1) is 10.3. The van der Waals surface area contributed by atoms with Gasteiger partial charge in [-0.05, 0) is 39.0 Å². The Hall–Kier alpha value is -1.13.